The van der Waals surface area contributed by atoms with Gasteiger partial charge in [-0.1, -0.05) is 35.9 Å². The van der Waals surface area contributed by atoms with Crippen LogP contribution in [0.5, 0.6) is 0 Å². The summed E-state index contributed by atoms with van der Waals surface area (Å²) in [6, 6.07) is 13.5. The Morgan fingerprint density at radius 1 is 1.06 bits per heavy atom. The van der Waals surface area contributed by atoms with Crippen molar-refractivity contribution < 1.29 is 4.79 Å². The number of hydrogen-bond donors (Lipinski definition) is 1. The maximum absolute atomic E-state index is 11.2. The van der Waals surface area contributed by atoms with Crippen molar-refractivity contribution in [2.75, 3.05) is 5.73 Å². The molecule has 0 spiro atoms. The van der Waals surface area contributed by atoms with E-state index in [-0.39, 0.29) is 5.78 Å². The Bertz CT molecular complexity index is 556. The highest BCUT2D eigenvalue weighted by Gasteiger charge is 2.04. The van der Waals surface area contributed by atoms with E-state index in [9.17, 15) is 4.79 Å². The third kappa shape index (κ3) is 2.36. The summed E-state index contributed by atoms with van der Waals surface area (Å²) in [4.78, 5) is 11.2. The Hall–Kier alpha value is -2.09. The van der Waals surface area contributed by atoms with E-state index in [4.69, 9.17) is 5.73 Å². The van der Waals surface area contributed by atoms with E-state index in [0.717, 1.165) is 22.4 Å². The van der Waals surface area contributed by atoms with Crippen molar-refractivity contribution in [3.05, 3.63) is 53.6 Å². The molecule has 2 rings (SSSR count). The molecule has 2 N–H and O–H groups in total. The first-order valence-electron chi connectivity index (χ1n) is 5.55. The van der Waals surface area contributed by atoms with E-state index in [0.29, 0.717) is 0 Å². The summed E-state index contributed by atoms with van der Waals surface area (Å²) in [5.74, 6) is 0.0776. The SMILES string of the molecule is CC(=O)c1ccc(-c2cc(C)ccc2N)cc1. The van der Waals surface area contributed by atoms with Crippen molar-refractivity contribution in [2.45, 2.75) is 13.8 Å². The molecule has 0 bridgehead atoms. The third-order valence-electron chi connectivity index (χ3n) is 2.81. The van der Waals surface area contributed by atoms with Gasteiger partial charge in [0.05, 0.1) is 0 Å². The molecule has 0 saturated carbocycles. The van der Waals surface area contributed by atoms with E-state index in [1.165, 1.54) is 5.56 Å². The lowest BCUT2D eigenvalue weighted by Gasteiger charge is -2.07. The van der Waals surface area contributed by atoms with Gasteiger partial charge in [-0.05, 0) is 31.5 Å². The highest BCUT2D eigenvalue weighted by molar-refractivity contribution is 5.94. The summed E-state index contributed by atoms with van der Waals surface area (Å²) in [5, 5.41) is 0. The van der Waals surface area contributed by atoms with Gasteiger partial charge in [0.2, 0.25) is 0 Å². The smallest absolute Gasteiger partial charge is 0.159 e. The monoisotopic (exact) mass is 225 g/mol. The molecule has 0 atom stereocenters. The van der Waals surface area contributed by atoms with Gasteiger partial charge in [0.15, 0.2) is 5.78 Å². The summed E-state index contributed by atoms with van der Waals surface area (Å²) in [7, 11) is 0. The zero-order valence-corrected chi connectivity index (χ0v) is 10.0. The van der Waals surface area contributed by atoms with Gasteiger partial charge in [0.1, 0.15) is 0 Å². The van der Waals surface area contributed by atoms with Crippen LogP contribution >= 0.6 is 0 Å². The van der Waals surface area contributed by atoms with Gasteiger partial charge in [-0.2, -0.15) is 0 Å². The van der Waals surface area contributed by atoms with Gasteiger partial charge in [-0.25, -0.2) is 0 Å². The number of anilines is 1. The number of carbonyl (C=O) groups excluding carboxylic acids is 1. The van der Waals surface area contributed by atoms with Gasteiger partial charge in [-0.3, -0.25) is 4.79 Å². The van der Waals surface area contributed by atoms with Crippen molar-refractivity contribution >= 4 is 11.5 Å². The largest absolute Gasteiger partial charge is 0.398 e. The Morgan fingerprint density at radius 3 is 2.29 bits per heavy atom. The minimum atomic E-state index is 0.0776. The van der Waals surface area contributed by atoms with Crippen molar-refractivity contribution in [2.24, 2.45) is 0 Å². The summed E-state index contributed by atoms with van der Waals surface area (Å²) in [6.45, 7) is 3.60. The Labute approximate surface area is 101 Å². The topological polar surface area (TPSA) is 43.1 Å². The lowest BCUT2D eigenvalue weighted by atomic mass is 10.00. The zero-order chi connectivity index (χ0) is 12.4. The molecule has 0 aliphatic carbocycles. The summed E-state index contributed by atoms with van der Waals surface area (Å²) < 4.78 is 0. The van der Waals surface area contributed by atoms with Gasteiger partial charge in [0.25, 0.3) is 0 Å². The van der Waals surface area contributed by atoms with Crippen LogP contribution in [-0.4, -0.2) is 5.78 Å². The number of nitrogen functional groups attached to an aromatic ring is 1. The summed E-state index contributed by atoms with van der Waals surface area (Å²) in [5.41, 5.74) is 10.7. The molecule has 0 aliphatic heterocycles. The normalized spacial score (nSPS) is 10.2. The van der Waals surface area contributed by atoms with Crippen LogP contribution in [0.1, 0.15) is 22.8 Å². The van der Waals surface area contributed by atoms with Crippen LogP contribution < -0.4 is 5.73 Å². The van der Waals surface area contributed by atoms with Gasteiger partial charge < -0.3 is 5.73 Å². The van der Waals surface area contributed by atoms with E-state index >= 15 is 0 Å². The van der Waals surface area contributed by atoms with Crippen molar-refractivity contribution in [3.63, 3.8) is 0 Å². The highest BCUT2D eigenvalue weighted by Crippen LogP contribution is 2.27. The molecule has 2 nitrogen and oxygen atoms in total. The minimum Gasteiger partial charge on any atom is -0.398 e. The lowest BCUT2D eigenvalue weighted by molar-refractivity contribution is 0.101. The molecule has 86 valence electrons. The maximum atomic E-state index is 11.2. The predicted octanol–water partition coefficient (Wildman–Crippen LogP) is 3.45. The third-order valence-corrected chi connectivity index (χ3v) is 2.81. The Balaban J connectivity index is 2.46. The van der Waals surface area contributed by atoms with Crippen LogP contribution in [-0.2, 0) is 0 Å². The molecule has 17 heavy (non-hydrogen) atoms. The first-order valence-corrected chi connectivity index (χ1v) is 5.55. The second-order valence-corrected chi connectivity index (χ2v) is 4.22. The van der Waals surface area contributed by atoms with E-state index in [2.05, 4.69) is 6.07 Å². The van der Waals surface area contributed by atoms with Crippen LogP contribution in [0, 0.1) is 6.92 Å². The number of ketones is 1. The average molecular weight is 225 g/mol. The Morgan fingerprint density at radius 2 is 1.71 bits per heavy atom. The maximum Gasteiger partial charge on any atom is 0.159 e. The zero-order valence-electron chi connectivity index (χ0n) is 10.0. The van der Waals surface area contributed by atoms with E-state index in [1.54, 1.807) is 6.92 Å². The number of aryl methyl sites for hydroxylation is 1. The van der Waals surface area contributed by atoms with Crippen LogP contribution in [0.15, 0.2) is 42.5 Å². The molecule has 2 aromatic rings. The number of carbonyl (C=O) groups is 1. The second kappa shape index (κ2) is 4.42. The molecule has 0 heterocycles. The minimum absolute atomic E-state index is 0.0776. The highest BCUT2D eigenvalue weighted by atomic mass is 16.1. The molecule has 2 aromatic carbocycles. The van der Waals surface area contributed by atoms with E-state index in [1.807, 2.05) is 43.3 Å². The van der Waals surface area contributed by atoms with E-state index < -0.39 is 0 Å². The standard InChI is InChI=1S/C15H15NO/c1-10-3-8-15(16)14(9-10)13-6-4-12(5-7-13)11(2)17/h3-9H,16H2,1-2H3. The fraction of sp³-hybridized carbons (Fsp3) is 0.133. The number of benzene rings is 2. The predicted molar refractivity (Wildman–Crippen MR) is 71.0 cm³/mol. The quantitative estimate of drug-likeness (QED) is 0.628. The molecule has 0 radical (unpaired) electrons. The van der Waals surface area contributed by atoms with Crippen LogP contribution in [0.3, 0.4) is 0 Å². The number of hydrogen-bond acceptors (Lipinski definition) is 2. The molecule has 0 saturated heterocycles. The molecule has 0 aliphatic rings. The first-order chi connectivity index (χ1) is 8.08. The summed E-state index contributed by atoms with van der Waals surface area (Å²) in [6.07, 6.45) is 0. The average Bonchev–Trinajstić information content (AvgIpc) is 2.32. The molecule has 0 amide bonds. The van der Waals surface area contributed by atoms with Crippen molar-refractivity contribution in [1.29, 1.82) is 0 Å². The van der Waals surface area contributed by atoms with Crippen LogP contribution in [0.2, 0.25) is 0 Å². The van der Waals surface area contributed by atoms with Crippen molar-refractivity contribution in [3.8, 4) is 11.1 Å². The molecular weight excluding hydrogens is 210 g/mol. The molecule has 0 fully saturated rings. The van der Waals surface area contributed by atoms with Crippen LogP contribution in [0.4, 0.5) is 5.69 Å². The molecule has 0 unspecified atom stereocenters. The number of Topliss-reactive ketones (excluding diaryl/α,β-unsaturated/α-hetero) is 1. The Kier molecular flexibility index (Phi) is 2.96. The van der Waals surface area contributed by atoms with Gasteiger partial charge in [-0.15, -0.1) is 0 Å². The fourth-order valence-corrected chi connectivity index (χ4v) is 1.80. The summed E-state index contributed by atoms with van der Waals surface area (Å²) >= 11 is 0. The van der Waals surface area contributed by atoms with Gasteiger partial charge >= 0.3 is 0 Å². The fourth-order valence-electron chi connectivity index (χ4n) is 1.80. The number of rotatable bonds is 2. The first kappa shape index (κ1) is 11.4. The number of nitrogens with two attached hydrogens (primary N) is 1. The molecule has 2 heteroatoms. The van der Waals surface area contributed by atoms with Crippen molar-refractivity contribution in [1.82, 2.24) is 0 Å². The molecule has 0 aromatic heterocycles. The van der Waals surface area contributed by atoms with Crippen LogP contribution in [0.25, 0.3) is 11.1 Å². The second-order valence-electron chi connectivity index (χ2n) is 4.22. The molecular formula is C15H15NO. The van der Waals surface area contributed by atoms with Gasteiger partial charge in [0, 0.05) is 16.8 Å². The lowest BCUT2D eigenvalue weighted by Crippen LogP contribution is -1.93.